The van der Waals surface area contributed by atoms with Gasteiger partial charge in [-0.15, -0.1) is 0 Å². The smallest absolute Gasteiger partial charge is 0.0719 e. The molecule has 1 heterocycles. The largest absolute Gasteiger partial charge is 0.380 e. The Labute approximate surface area is 164 Å². The summed E-state index contributed by atoms with van der Waals surface area (Å²) in [5.74, 6) is 1.03. The van der Waals surface area contributed by atoms with Crippen LogP contribution in [-0.4, -0.2) is 25.9 Å². The highest BCUT2D eigenvalue weighted by molar-refractivity contribution is 6.00. The van der Waals surface area contributed by atoms with E-state index in [0.717, 1.165) is 22.9 Å². The van der Waals surface area contributed by atoms with Crippen LogP contribution in [-0.2, 0) is 11.3 Å². The van der Waals surface area contributed by atoms with E-state index >= 15 is 0 Å². The first kappa shape index (κ1) is 20.0. The quantitative estimate of drug-likeness (QED) is 0.683. The summed E-state index contributed by atoms with van der Waals surface area (Å²) in [6.45, 7) is 1.89. The molecule has 1 saturated heterocycles. The maximum absolute atomic E-state index is 7.34. The topological polar surface area (TPSA) is 45.1 Å². The molecular weight excluding hydrogens is 332 g/mol. The molecule has 3 nitrogen and oxygen atoms in total. The summed E-state index contributed by atoms with van der Waals surface area (Å²) in [7, 11) is 1.69. The molecule has 1 unspecified atom stereocenters. The lowest BCUT2D eigenvalue weighted by molar-refractivity contribution is 0.186. The molecule has 2 aliphatic rings. The number of hydrogen-bond acceptors (Lipinski definition) is 3. The molecule has 2 fully saturated rings. The highest BCUT2D eigenvalue weighted by atomic mass is 16.5. The molecule has 2 aromatic carbocycles. The summed E-state index contributed by atoms with van der Waals surface area (Å²) in [5.41, 5.74) is 2.11. The van der Waals surface area contributed by atoms with E-state index in [1.54, 1.807) is 7.11 Å². The molecule has 27 heavy (non-hydrogen) atoms. The highest BCUT2D eigenvalue weighted by Crippen LogP contribution is 2.29. The van der Waals surface area contributed by atoms with Gasteiger partial charge in [-0.2, -0.15) is 0 Å². The van der Waals surface area contributed by atoms with Gasteiger partial charge in [-0.25, -0.2) is 0 Å². The van der Waals surface area contributed by atoms with Crippen LogP contribution < -0.4 is 5.32 Å². The molecule has 1 saturated carbocycles. The maximum Gasteiger partial charge on any atom is 0.0719 e. The van der Waals surface area contributed by atoms with E-state index in [4.69, 9.17) is 10.1 Å². The van der Waals surface area contributed by atoms with Gasteiger partial charge in [0.05, 0.1) is 6.61 Å². The fourth-order valence-electron chi connectivity index (χ4n) is 4.61. The Morgan fingerprint density at radius 3 is 2.37 bits per heavy atom. The molecule has 0 amide bonds. The summed E-state index contributed by atoms with van der Waals surface area (Å²) in [6, 6.07) is 13.0. The van der Waals surface area contributed by atoms with Crippen molar-refractivity contribution in [3.05, 3.63) is 47.5 Å². The average molecular weight is 367 g/mol. The number of methoxy groups -OCH3 is 1. The van der Waals surface area contributed by atoms with Crippen LogP contribution in [0.3, 0.4) is 0 Å². The fourth-order valence-corrected chi connectivity index (χ4v) is 4.61. The Bertz CT molecular complexity index is 699. The van der Waals surface area contributed by atoms with Gasteiger partial charge in [-0.05, 0) is 60.0 Å². The van der Waals surface area contributed by atoms with E-state index in [0.29, 0.717) is 6.61 Å². The SMILES string of the molecule is C1CCC(C2CCCCN2)CC1.COCc1ccc(C=N)c2ccccc12. The van der Waals surface area contributed by atoms with Crippen molar-refractivity contribution in [3.63, 3.8) is 0 Å². The zero-order chi connectivity index (χ0) is 18.9. The van der Waals surface area contributed by atoms with Crippen LogP contribution in [0.25, 0.3) is 10.8 Å². The third-order valence-corrected chi connectivity index (χ3v) is 6.07. The van der Waals surface area contributed by atoms with E-state index < -0.39 is 0 Å². The van der Waals surface area contributed by atoms with Crippen molar-refractivity contribution in [2.75, 3.05) is 13.7 Å². The van der Waals surface area contributed by atoms with Crippen LogP contribution in [0, 0.1) is 11.3 Å². The lowest BCUT2D eigenvalue weighted by atomic mass is 9.81. The molecule has 3 heteroatoms. The Hall–Kier alpha value is -1.71. The predicted octanol–water partition coefficient (Wildman–Crippen LogP) is 5.69. The second-order valence-electron chi connectivity index (χ2n) is 7.89. The molecule has 2 aromatic rings. The van der Waals surface area contributed by atoms with Crippen LogP contribution in [0.2, 0.25) is 0 Å². The number of benzene rings is 2. The van der Waals surface area contributed by atoms with Gasteiger partial charge in [0.15, 0.2) is 0 Å². The Kier molecular flexibility index (Phi) is 7.85. The van der Waals surface area contributed by atoms with Crippen LogP contribution in [0.15, 0.2) is 36.4 Å². The van der Waals surface area contributed by atoms with Gasteiger partial charge < -0.3 is 15.5 Å². The van der Waals surface area contributed by atoms with Crippen molar-refractivity contribution in [1.82, 2.24) is 5.32 Å². The first-order valence-electron chi connectivity index (χ1n) is 10.6. The zero-order valence-corrected chi connectivity index (χ0v) is 16.7. The predicted molar refractivity (Wildman–Crippen MR) is 115 cm³/mol. The van der Waals surface area contributed by atoms with E-state index in [1.165, 1.54) is 75.1 Å². The Balaban J connectivity index is 0.000000159. The van der Waals surface area contributed by atoms with E-state index in [2.05, 4.69) is 11.4 Å². The van der Waals surface area contributed by atoms with Crippen molar-refractivity contribution in [1.29, 1.82) is 5.41 Å². The monoisotopic (exact) mass is 366 g/mol. The number of fused-ring (bicyclic) bond motifs is 1. The van der Waals surface area contributed by atoms with Crippen LogP contribution >= 0.6 is 0 Å². The van der Waals surface area contributed by atoms with E-state index in [-0.39, 0.29) is 0 Å². The molecule has 0 radical (unpaired) electrons. The molecule has 146 valence electrons. The lowest BCUT2D eigenvalue weighted by Crippen LogP contribution is -2.40. The standard InChI is InChI=1S/C13H13NO.C11H21N/c1-15-9-11-7-6-10(8-14)12-4-2-3-5-13(11)12;1-2-6-10(7-3-1)11-8-4-5-9-12-11/h2-8,14H,9H2,1H3;10-12H,1-9H2. The molecule has 0 spiro atoms. The van der Waals surface area contributed by atoms with Crippen LogP contribution in [0.5, 0.6) is 0 Å². The number of hydrogen-bond donors (Lipinski definition) is 2. The molecule has 0 bridgehead atoms. The number of ether oxygens (including phenoxy) is 1. The number of rotatable bonds is 4. The first-order valence-corrected chi connectivity index (χ1v) is 10.6. The number of nitrogens with one attached hydrogen (secondary N) is 2. The van der Waals surface area contributed by atoms with Crippen molar-refractivity contribution >= 4 is 17.0 Å². The average Bonchev–Trinajstić information content (AvgIpc) is 2.76. The third kappa shape index (κ3) is 5.40. The van der Waals surface area contributed by atoms with Crippen molar-refractivity contribution in [2.45, 2.75) is 64.0 Å². The lowest BCUT2D eigenvalue weighted by Gasteiger charge is -2.33. The van der Waals surface area contributed by atoms with Crippen LogP contribution in [0.4, 0.5) is 0 Å². The normalized spacial score (nSPS) is 20.7. The molecule has 0 aromatic heterocycles. The number of piperidine rings is 1. The zero-order valence-electron chi connectivity index (χ0n) is 16.7. The summed E-state index contributed by atoms with van der Waals surface area (Å²) >= 11 is 0. The molecule has 1 aliphatic heterocycles. The second-order valence-corrected chi connectivity index (χ2v) is 7.89. The van der Waals surface area contributed by atoms with Gasteiger partial charge in [0.25, 0.3) is 0 Å². The molecule has 2 N–H and O–H groups in total. The van der Waals surface area contributed by atoms with Gasteiger partial charge in [-0.3, -0.25) is 0 Å². The van der Waals surface area contributed by atoms with Gasteiger partial charge in [-0.1, -0.05) is 62.1 Å². The summed E-state index contributed by atoms with van der Waals surface area (Å²) < 4.78 is 5.15. The van der Waals surface area contributed by atoms with Crippen molar-refractivity contribution in [3.8, 4) is 0 Å². The first-order chi connectivity index (χ1) is 13.3. The van der Waals surface area contributed by atoms with Crippen molar-refractivity contribution in [2.24, 2.45) is 5.92 Å². The molecule has 1 atom stereocenters. The summed E-state index contributed by atoms with van der Waals surface area (Å²) in [6.07, 6.45) is 13.2. The van der Waals surface area contributed by atoms with Gasteiger partial charge in [0, 0.05) is 19.4 Å². The van der Waals surface area contributed by atoms with Gasteiger partial charge >= 0.3 is 0 Å². The van der Waals surface area contributed by atoms with Crippen LogP contribution in [0.1, 0.15) is 62.5 Å². The highest BCUT2D eigenvalue weighted by Gasteiger charge is 2.24. The minimum Gasteiger partial charge on any atom is -0.380 e. The fraction of sp³-hybridized carbons (Fsp3) is 0.542. The molecule has 4 rings (SSSR count). The Morgan fingerprint density at radius 2 is 1.70 bits per heavy atom. The van der Waals surface area contributed by atoms with E-state index in [1.807, 2.05) is 30.3 Å². The summed E-state index contributed by atoms with van der Waals surface area (Å²) in [5, 5.41) is 13.3. The van der Waals surface area contributed by atoms with Gasteiger partial charge in [0.1, 0.15) is 0 Å². The molecule has 1 aliphatic carbocycles. The van der Waals surface area contributed by atoms with Crippen molar-refractivity contribution < 1.29 is 4.74 Å². The minimum absolute atomic E-state index is 0.610. The maximum atomic E-state index is 7.34. The summed E-state index contributed by atoms with van der Waals surface area (Å²) in [4.78, 5) is 0. The van der Waals surface area contributed by atoms with E-state index in [9.17, 15) is 0 Å². The Morgan fingerprint density at radius 1 is 0.963 bits per heavy atom. The molecular formula is C24H34N2O. The minimum atomic E-state index is 0.610. The van der Waals surface area contributed by atoms with Gasteiger partial charge in [0.2, 0.25) is 0 Å². The third-order valence-electron chi connectivity index (χ3n) is 6.07. The second kappa shape index (κ2) is 10.6.